The van der Waals surface area contributed by atoms with Gasteiger partial charge in [0, 0.05) is 17.3 Å². The molecule has 7 nitrogen and oxygen atoms in total. The molecule has 1 atom stereocenters. The van der Waals surface area contributed by atoms with Gasteiger partial charge < -0.3 is 15.4 Å². The van der Waals surface area contributed by atoms with Gasteiger partial charge in [-0.25, -0.2) is 8.42 Å². The summed E-state index contributed by atoms with van der Waals surface area (Å²) in [6.07, 6.45) is -0.625. The first-order valence-corrected chi connectivity index (χ1v) is 13.4. The standard InChI is InChI=1S/C28H24ClN3O4S/c29-22-9-6-10-23(17-22)30-27(33)19-36-24-15-13-21(14-16-24)28-31-25-11-4-5-12-26(25)37(34,35)32(28)18-20-7-2-1-3-8-20/h1-17,28,31H,18-19H2,(H,30,33). The van der Waals surface area contributed by atoms with Crippen LogP contribution in [-0.4, -0.2) is 25.2 Å². The number of nitrogens with one attached hydrogen (secondary N) is 2. The Hall–Kier alpha value is -3.85. The summed E-state index contributed by atoms with van der Waals surface area (Å²) in [5, 5.41) is 6.63. The predicted molar refractivity (Wildman–Crippen MR) is 144 cm³/mol. The fourth-order valence-electron chi connectivity index (χ4n) is 4.14. The van der Waals surface area contributed by atoms with E-state index in [0.717, 1.165) is 11.1 Å². The molecule has 0 bridgehead atoms. The zero-order chi connectivity index (χ0) is 25.8. The third-order valence-corrected chi connectivity index (χ3v) is 8.01. The molecule has 0 spiro atoms. The quantitative estimate of drug-likeness (QED) is 0.319. The minimum atomic E-state index is -3.77. The maximum absolute atomic E-state index is 13.6. The van der Waals surface area contributed by atoms with Crippen molar-refractivity contribution in [1.82, 2.24) is 4.31 Å². The van der Waals surface area contributed by atoms with Crippen molar-refractivity contribution in [1.29, 1.82) is 0 Å². The molecule has 9 heteroatoms. The summed E-state index contributed by atoms with van der Waals surface area (Å²) in [5.41, 5.74) is 2.75. The number of halogens is 1. The summed E-state index contributed by atoms with van der Waals surface area (Å²) in [5.74, 6) is 0.163. The highest BCUT2D eigenvalue weighted by Crippen LogP contribution is 2.39. The molecule has 188 valence electrons. The second-order valence-electron chi connectivity index (χ2n) is 8.50. The molecule has 5 rings (SSSR count). The number of rotatable bonds is 7. The minimum absolute atomic E-state index is 0.185. The highest BCUT2D eigenvalue weighted by Gasteiger charge is 2.38. The number of amides is 1. The Labute approximate surface area is 220 Å². The van der Waals surface area contributed by atoms with E-state index >= 15 is 0 Å². The molecule has 0 radical (unpaired) electrons. The maximum Gasteiger partial charge on any atom is 0.262 e. The van der Waals surface area contributed by atoms with Crippen molar-refractivity contribution in [3.05, 3.63) is 119 Å². The number of nitrogens with zero attached hydrogens (tertiary/aromatic N) is 1. The Kier molecular flexibility index (Phi) is 7.14. The number of para-hydroxylation sites is 1. The monoisotopic (exact) mass is 533 g/mol. The molecule has 0 saturated heterocycles. The summed E-state index contributed by atoms with van der Waals surface area (Å²) in [4.78, 5) is 12.5. The zero-order valence-corrected chi connectivity index (χ0v) is 21.2. The topological polar surface area (TPSA) is 87.7 Å². The Morgan fingerprint density at radius 1 is 0.919 bits per heavy atom. The number of ether oxygens (including phenoxy) is 1. The number of carbonyl (C=O) groups is 1. The van der Waals surface area contributed by atoms with E-state index < -0.39 is 16.2 Å². The average Bonchev–Trinajstić information content (AvgIpc) is 2.90. The first kappa shape index (κ1) is 24.8. The zero-order valence-electron chi connectivity index (χ0n) is 19.7. The lowest BCUT2D eigenvalue weighted by Gasteiger charge is -2.37. The van der Waals surface area contributed by atoms with E-state index in [2.05, 4.69) is 10.6 Å². The van der Waals surface area contributed by atoms with Gasteiger partial charge in [-0.05, 0) is 53.6 Å². The van der Waals surface area contributed by atoms with Crippen LogP contribution in [0.2, 0.25) is 5.02 Å². The summed E-state index contributed by atoms with van der Waals surface area (Å²) in [6, 6.07) is 30.2. The SMILES string of the molecule is O=C(COc1ccc(C2Nc3ccccc3S(=O)(=O)N2Cc2ccccc2)cc1)Nc1cccc(Cl)c1. The summed E-state index contributed by atoms with van der Waals surface area (Å²) in [7, 11) is -3.77. The van der Waals surface area contributed by atoms with Crippen molar-refractivity contribution >= 4 is 38.9 Å². The van der Waals surface area contributed by atoms with Crippen LogP contribution in [0, 0.1) is 0 Å². The number of hydrogen-bond acceptors (Lipinski definition) is 5. The van der Waals surface area contributed by atoms with E-state index in [9.17, 15) is 13.2 Å². The molecule has 0 saturated carbocycles. The summed E-state index contributed by atoms with van der Waals surface area (Å²) < 4.78 is 34.3. The highest BCUT2D eigenvalue weighted by atomic mass is 35.5. The van der Waals surface area contributed by atoms with Gasteiger partial charge in [0.15, 0.2) is 6.61 Å². The lowest BCUT2D eigenvalue weighted by molar-refractivity contribution is -0.118. The Morgan fingerprint density at radius 2 is 1.65 bits per heavy atom. The van der Waals surface area contributed by atoms with Crippen molar-refractivity contribution in [2.45, 2.75) is 17.6 Å². The number of anilines is 2. The average molecular weight is 534 g/mol. The number of carbonyl (C=O) groups excluding carboxylic acids is 1. The second-order valence-corrected chi connectivity index (χ2v) is 10.8. The van der Waals surface area contributed by atoms with Gasteiger partial charge in [0.1, 0.15) is 16.8 Å². The summed E-state index contributed by atoms with van der Waals surface area (Å²) in [6.45, 7) is 0.0204. The van der Waals surface area contributed by atoms with Crippen molar-refractivity contribution in [3.63, 3.8) is 0 Å². The van der Waals surface area contributed by atoms with Gasteiger partial charge in [0.05, 0.1) is 5.69 Å². The normalized spacial score (nSPS) is 16.3. The fourth-order valence-corrected chi connectivity index (χ4v) is 6.01. The molecular formula is C28H24ClN3O4S. The third-order valence-electron chi connectivity index (χ3n) is 5.91. The minimum Gasteiger partial charge on any atom is -0.484 e. The van der Waals surface area contributed by atoms with Crippen LogP contribution < -0.4 is 15.4 Å². The maximum atomic E-state index is 13.6. The van der Waals surface area contributed by atoms with Gasteiger partial charge in [-0.2, -0.15) is 4.31 Å². The van der Waals surface area contributed by atoms with Crippen molar-refractivity contribution in [2.24, 2.45) is 0 Å². The van der Waals surface area contributed by atoms with Crippen molar-refractivity contribution in [2.75, 3.05) is 17.2 Å². The number of fused-ring (bicyclic) bond motifs is 1. The molecule has 0 aromatic heterocycles. The fraction of sp³-hybridized carbons (Fsp3) is 0.107. The molecule has 1 aliphatic rings. The molecule has 0 aliphatic carbocycles. The van der Waals surface area contributed by atoms with Crippen LogP contribution in [0.1, 0.15) is 17.3 Å². The van der Waals surface area contributed by atoms with Crippen LogP contribution in [0.15, 0.2) is 108 Å². The largest absolute Gasteiger partial charge is 0.484 e. The number of benzene rings is 4. The van der Waals surface area contributed by atoms with Gasteiger partial charge in [0.2, 0.25) is 10.0 Å². The lowest BCUT2D eigenvalue weighted by Crippen LogP contribution is -2.42. The highest BCUT2D eigenvalue weighted by molar-refractivity contribution is 7.89. The van der Waals surface area contributed by atoms with Gasteiger partial charge in [0.25, 0.3) is 5.91 Å². The predicted octanol–water partition coefficient (Wildman–Crippen LogP) is 5.67. The number of sulfonamides is 1. The Morgan fingerprint density at radius 3 is 2.41 bits per heavy atom. The van der Waals surface area contributed by atoms with E-state index in [1.54, 1.807) is 72.8 Å². The molecule has 0 fully saturated rings. The molecule has 1 unspecified atom stereocenters. The Balaban J connectivity index is 1.34. The molecule has 4 aromatic carbocycles. The van der Waals surface area contributed by atoms with Crippen LogP contribution in [0.3, 0.4) is 0 Å². The number of hydrogen-bond donors (Lipinski definition) is 2. The molecular weight excluding hydrogens is 510 g/mol. The molecule has 1 heterocycles. The molecule has 4 aromatic rings. The van der Waals surface area contributed by atoms with E-state index in [1.807, 2.05) is 30.3 Å². The second kappa shape index (κ2) is 10.6. The smallest absolute Gasteiger partial charge is 0.262 e. The van der Waals surface area contributed by atoms with Gasteiger partial charge in [-0.15, -0.1) is 0 Å². The van der Waals surface area contributed by atoms with E-state index in [1.165, 1.54) is 4.31 Å². The van der Waals surface area contributed by atoms with E-state index in [4.69, 9.17) is 16.3 Å². The van der Waals surface area contributed by atoms with Crippen LogP contribution >= 0.6 is 11.6 Å². The molecule has 2 N–H and O–H groups in total. The van der Waals surface area contributed by atoms with Crippen molar-refractivity contribution in [3.8, 4) is 5.75 Å². The van der Waals surface area contributed by atoms with Crippen LogP contribution in [0.25, 0.3) is 0 Å². The Bertz CT molecular complexity index is 1510. The van der Waals surface area contributed by atoms with Crippen molar-refractivity contribution < 1.29 is 17.9 Å². The van der Waals surface area contributed by atoms with Crippen LogP contribution in [0.4, 0.5) is 11.4 Å². The van der Waals surface area contributed by atoms with Crippen LogP contribution in [0.5, 0.6) is 5.75 Å². The first-order chi connectivity index (χ1) is 17.9. The van der Waals surface area contributed by atoms with Gasteiger partial charge >= 0.3 is 0 Å². The molecule has 1 aliphatic heterocycles. The van der Waals surface area contributed by atoms with E-state index in [-0.39, 0.29) is 24.0 Å². The lowest BCUT2D eigenvalue weighted by atomic mass is 10.1. The third kappa shape index (κ3) is 5.61. The van der Waals surface area contributed by atoms with Gasteiger partial charge in [-0.1, -0.05) is 72.3 Å². The van der Waals surface area contributed by atoms with Crippen LogP contribution in [-0.2, 0) is 21.4 Å². The first-order valence-electron chi connectivity index (χ1n) is 11.6. The molecule has 37 heavy (non-hydrogen) atoms. The van der Waals surface area contributed by atoms with E-state index in [0.29, 0.717) is 22.1 Å². The molecule has 1 amide bonds. The van der Waals surface area contributed by atoms with Gasteiger partial charge in [-0.3, -0.25) is 4.79 Å². The summed E-state index contributed by atoms with van der Waals surface area (Å²) >= 11 is 5.95.